The molecule has 0 unspecified atom stereocenters. The highest BCUT2D eigenvalue weighted by molar-refractivity contribution is 7.89. The van der Waals surface area contributed by atoms with E-state index < -0.39 is 20.7 Å². The van der Waals surface area contributed by atoms with Crippen LogP contribution in [0.15, 0.2) is 46.7 Å². The van der Waals surface area contributed by atoms with Crippen LogP contribution in [0.5, 0.6) is 11.5 Å². The van der Waals surface area contributed by atoms with E-state index in [4.69, 9.17) is 9.47 Å². The van der Waals surface area contributed by atoms with Gasteiger partial charge in [-0.15, -0.1) is 11.3 Å². The molecule has 3 rings (SSSR count). The molecule has 0 radical (unpaired) electrons. The third kappa shape index (κ3) is 4.92. The third-order valence-electron chi connectivity index (χ3n) is 4.25. The van der Waals surface area contributed by atoms with Crippen molar-refractivity contribution < 1.29 is 22.3 Å². The minimum Gasteiger partial charge on any atom is -0.493 e. The van der Waals surface area contributed by atoms with Crippen LogP contribution in [0.25, 0.3) is 10.6 Å². The molecule has 0 atom stereocenters. The Bertz CT molecular complexity index is 1100. The summed E-state index contributed by atoms with van der Waals surface area (Å²) in [6.45, 7) is 2.11. The van der Waals surface area contributed by atoms with E-state index in [1.165, 1.54) is 31.1 Å². The molecule has 1 heterocycles. The molecule has 154 valence electrons. The molecule has 0 saturated heterocycles. The van der Waals surface area contributed by atoms with Gasteiger partial charge in [0.1, 0.15) is 15.7 Å². The fourth-order valence-electron chi connectivity index (χ4n) is 2.68. The number of aromatic nitrogens is 1. The fraction of sp³-hybridized carbons (Fsp3) is 0.250. The van der Waals surface area contributed by atoms with Crippen LogP contribution in [0, 0.1) is 12.7 Å². The molecule has 9 heteroatoms. The molecule has 0 saturated carbocycles. The number of benzene rings is 2. The van der Waals surface area contributed by atoms with E-state index in [9.17, 15) is 12.8 Å². The molecule has 0 amide bonds. The van der Waals surface area contributed by atoms with Gasteiger partial charge >= 0.3 is 0 Å². The van der Waals surface area contributed by atoms with Gasteiger partial charge in [-0.3, -0.25) is 0 Å². The van der Waals surface area contributed by atoms with Gasteiger partial charge in [-0.25, -0.2) is 22.5 Å². The lowest BCUT2D eigenvalue weighted by Crippen LogP contribution is -2.27. The summed E-state index contributed by atoms with van der Waals surface area (Å²) in [6, 6.07) is 10.1. The van der Waals surface area contributed by atoms with Crippen molar-refractivity contribution in [2.75, 3.05) is 20.8 Å². The van der Waals surface area contributed by atoms with Crippen molar-refractivity contribution in [3.63, 3.8) is 0 Å². The van der Waals surface area contributed by atoms with Crippen LogP contribution in [0.4, 0.5) is 4.39 Å². The molecule has 0 spiro atoms. The summed E-state index contributed by atoms with van der Waals surface area (Å²) < 4.78 is 51.7. The Morgan fingerprint density at radius 2 is 1.76 bits per heavy atom. The zero-order valence-electron chi connectivity index (χ0n) is 16.2. The van der Waals surface area contributed by atoms with Crippen LogP contribution in [0.1, 0.15) is 11.3 Å². The minimum atomic E-state index is -4.05. The summed E-state index contributed by atoms with van der Waals surface area (Å²) in [7, 11) is -1.35. The van der Waals surface area contributed by atoms with Crippen LogP contribution in [0.3, 0.4) is 0 Å². The Hall–Kier alpha value is -2.49. The maximum atomic E-state index is 14.3. The van der Waals surface area contributed by atoms with E-state index in [-0.39, 0.29) is 18.0 Å². The van der Waals surface area contributed by atoms with Gasteiger partial charge in [0, 0.05) is 36.0 Å². The average molecular weight is 437 g/mol. The Morgan fingerprint density at radius 1 is 1.10 bits per heavy atom. The first-order valence-electron chi connectivity index (χ1n) is 8.76. The van der Waals surface area contributed by atoms with E-state index >= 15 is 0 Å². The summed E-state index contributed by atoms with van der Waals surface area (Å²) in [5.74, 6) is -0.656. The van der Waals surface area contributed by atoms with Crippen LogP contribution >= 0.6 is 11.3 Å². The second kappa shape index (κ2) is 8.89. The third-order valence-corrected chi connectivity index (χ3v) is 6.67. The monoisotopic (exact) mass is 436 g/mol. The number of hydrogen-bond acceptors (Lipinski definition) is 6. The number of aryl methyl sites for hydroxylation is 1. The normalized spacial score (nSPS) is 11.4. The predicted molar refractivity (Wildman–Crippen MR) is 111 cm³/mol. The first-order valence-corrected chi connectivity index (χ1v) is 11.1. The molecule has 0 aliphatic carbocycles. The number of ether oxygens (including phenoxy) is 2. The molecule has 2 aromatic carbocycles. The second-order valence-corrected chi connectivity index (χ2v) is 8.89. The van der Waals surface area contributed by atoms with Crippen molar-refractivity contribution >= 4 is 21.4 Å². The SMILES string of the molecule is COc1cc(F)c(S(=O)(=O)NCCc2csc(-c3ccc(C)cc3)n2)cc1OC. The van der Waals surface area contributed by atoms with Crippen molar-refractivity contribution in [3.8, 4) is 22.1 Å². The van der Waals surface area contributed by atoms with Gasteiger partial charge < -0.3 is 9.47 Å². The van der Waals surface area contributed by atoms with Crippen molar-refractivity contribution in [2.45, 2.75) is 18.2 Å². The zero-order chi connectivity index (χ0) is 21.0. The van der Waals surface area contributed by atoms with Gasteiger partial charge in [-0.05, 0) is 6.92 Å². The largest absolute Gasteiger partial charge is 0.493 e. The van der Waals surface area contributed by atoms with Crippen LogP contribution in [-0.4, -0.2) is 34.2 Å². The summed E-state index contributed by atoms with van der Waals surface area (Å²) in [5.41, 5.74) is 2.95. The summed E-state index contributed by atoms with van der Waals surface area (Å²) >= 11 is 1.50. The van der Waals surface area contributed by atoms with Crippen LogP contribution in [0.2, 0.25) is 0 Å². The Morgan fingerprint density at radius 3 is 2.41 bits per heavy atom. The molecule has 0 fully saturated rings. The number of sulfonamides is 1. The molecule has 0 aliphatic rings. The molecule has 1 N–H and O–H groups in total. The standard InChI is InChI=1S/C20H21FN2O4S2/c1-13-4-6-14(7-5-13)20-23-15(12-28-20)8-9-22-29(24,25)19-11-18(27-3)17(26-2)10-16(19)21/h4-7,10-12,22H,8-9H2,1-3H3. The van der Waals surface area contributed by atoms with Gasteiger partial charge in [0.2, 0.25) is 10.0 Å². The molecule has 29 heavy (non-hydrogen) atoms. The van der Waals surface area contributed by atoms with Crippen molar-refractivity contribution in [3.05, 3.63) is 58.9 Å². The van der Waals surface area contributed by atoms with E-state index in [1.54, 1.807) is 0 Å². The summed E-state index contributed by atoms with van der Waals surface area (Å²) in [6.07, 6.45) is 0.385. The fourth-order valence-corrected chi connectivity index (χ4v) is 4.65. The first-order chi connectivity index (χ1) is 13.8. The van der Waals surface area contributed by atoms with E-state index in [0.717, 1.165) is 28.4 Å². The van der Waals surface area contributed by atoms with Crippen LogP contribution in [-0.2, 0) is 16.4 Å². The van der Waals surface area contributed by atoms with Crippen molar-refractivity contribution in [1.82, 2.24) is 9.71 Å². The second-order valence-electron chi connectivity index (χ2n) is 6.30. The summed E-state index contributed by atoms with van der Waals surface area (Å²) in [4.78, 5) is 4.05. The van der Waals surface area contributed by atoms with Crippen molar-refractivity contribution in [1.29, 1.82) is 0 Å². The highest BCUT2D eigenvalue weighted by atomic mass is 32.2. The first kappa shape index (κ1) is 21.2. The molecule has 1 aromatic heterocycles. The number of thiazole rings is 1. The predicted octanol–water partition coefficient (Wildman–Crippen LogP) is 3.80. The molecule has 0 bridgehead atoms. The maximum Gasteiger partial charge on any atom is 0.243 e. The number of rotatable bonds is 8. The van der Waals surface area contributed by atoms with Gasteiger partial charge in [0.15, 0.2) is 11.5 Å². The lowest BCUT2D eigenvalue weighted by Gasteiger charge is -2.12. The Balaban J connectivity index is 1.68. The summed E-state index contributed by atoms with van der Waals surface area (Å²) in [5, 5.41) is 2.76. The lowest BCUT2D eigenvalue weighted by atomic mass is 10.2. The lowest BCUT2D eigenvalue weighted by molar-refractivity contribution is 0.350. The number of methoxy groups -OCH3 is 2. The van der Waals surface area contributed by atoms with Gasteiger partial charge in [-0.2, -0.15) is 0 Å². The Labute approximate surface area is 173 Å². The number of nitrogens with one attached hydrogen (secondary N) is 1. The molecular weight excluding hydrogens is 415 g/mol. The van der Waals surface area contributed by atoms with E-state index in [0.29, 0.717) is 6.42 Å². The van der Waals surface area contributed by atoms with E-state index in [2.05, 4.69) is 9.71 Å². The smallest absolute Gasteiger partial charge is 0.243 e. The molecule has 6 nitrogen and oxygen atoms in total. The Kier molecular flexibility index (Phi) is 6.51. The van der Waals surface area contributed by atoms with Gasteiger partial charge in [-0.1, -0.05) is 29.8 Å². The molecule has 0 aliphatic heterocycles. The molecule has 3 aromatic rings. The van der Waals surface area contributed by atoms with Gasteiger partial charge in [0.25, 0.3) is 0 Å². The highest BCUT2D eigenvalue weighted by Crippen LogP contribution is 2.31. The minimum absolute atomic E-state index is 0.0905. The van der Waals surface area contributed by atoms with E-state index in [1.807, 2.05) is 36.6 Å². The quantitative estimate of drug-likeness (QED) is 0.581. The molecular formula is C20H21FN2O4S2. The number of nitrogens with zero attached hydrogens (tertiary/aromatic N) is 1. The van der Waals surface area contributed by atoms with Crippen molar-refractivity contribution in [2.24, 2.45) is 0 Å². The number of hydrogen-bond donors (Lipinski definition) is 1. The highest BCUT2D eigenvalue weighted by Gasteiger charge is 2.22. The topological polar surface area (TPSA) is 77.5 Å². The van der Waals surface area contributed by atoms with Crippen LogP contribution < -0.4 is 14.2 Å². The average Bonchev–Trinajstić information content (AvgIpc) is 3.16. The zero-order valence-corrected chi connectivity index (χ0v) is 17.9. The van der Waals surface area contributed by atoms with Gasteiger partial charge in [0.05, 0.1) is 19.9 Å². The maximum absolute atomic E-state index is 14.3. The number of halogens is 1.